The number of hydrogen-bond donors (Lipinski definition) is 0. The number of rotatable bonds is 1. The molecule has 2 heterocycles. The van der Waals surface area contributed by atoms with Gasteiger partial charge < -0.3 is 4.40 Å². The van der Waals surface area contributed by atoms with Gasteiger partial charge >= 0.3 is 0 Å². The van der Waals surface area contributed by atoms with Crippen LogP contribution in [0, 0.1) is 19.3 Å². The van der Waals surface area contributed by atoms with Crippen LogP contribution >= 0.6 is 0 Å². The van der Waals surface area contributed by atoms with E-state index in [0.717, 1.165) is 34.6 Å². The Bertz CT molecular complexity index is 952. The molecule has 3 nitrogen and oxygen atoms in total. The lowest BCUT2D eigenvalue weighted by atomic mass is 9.63. The Morgan fingerprint density at radius 3 is 2.07 bits per heavy atom. The van der Waals surface area contributed by atoms with Gasteiger partial charge in [0.2, 0.25) is 0 Å². The number of aryl methyl sites for hydroxylation is 2. The van der Waals surface area contributed by atoms with Gasteiger partial charge in [-0.15, -0.1) is 0 Å². The molecule has 0 radical (unpaired) electrons. The van der Waals surface area contributed by atoms with Crippen molar-refractivity contribution in [2.24, 2.45) is 5.41 Å². The van der Waals surface area contributed by atoms with Crippen LogP contribution in [0.3, 0.4) is 0 Å². The SMILES string of the molecule is CC.CC.CC.Cc1nc2c3c(ccn2c1C)C(=O)C(C)(C)C(c1ccccc1)C3. The van der Waals surface area contributed by atoms with Crippen molar-refractivity contribution in [3.63, 3.8) is 0 Å². The molecule has 30 heavy (non-hydrogen) atoms. The summed E-state index contributed by atoms with van der Waals surface area (Å²) in [6.07, 6.45) is 2.83. The Hall–Kier alpha value is -2.42. The maximum atomic E-state index is 13.2. The summed E-state index contributed by atoms with van der Waals surface area (Å²) in [4.78, 5) is 18.0. The van der Waals surface area contributed by atoms with Gasteiger partial charge in [0.25, 0.3) is 0 Å². The largest absolute Gasteiger partial charge is 0.304 e. The van der Waals surface area contributed by atoms with Crippen molar-refractivity contribution in [3.05, 3.63) is 70.7 Å². The summed E-state index contributed by atoms with van der Waals surface area (Å²) in [5, 5.41) is 0. The highest BCUT2D eigenvalue weighted by Gasteiger charge is 2.43. The van der Waals surface area contributed by atoms with Crippen LogP contribution in [0.5, 0.6) is 0 Å². The van der Waals surface area contributed by atoms with E-state index in [4.69, 9.17) is 4.98 Å². The summed E-state index contributed by atoms with van der Waals surface area (Å²) in [6.45, 7) is 20.2. The molecule has 0 spiro atoms. The van der Waals surface area contributed by atoms with E-state index in [-0.39, 0.29) is 11.7 Å². The molecule has 0 N–H and O–H groups in total. The van der Waals surface area contributed by atoms with Crippen molar-refractivity contribution in [1.82, 2.24) is 9.38 Å². The van der Waals surface area contributed by atoms with Gasteiger partial charge in [0.05, 0.1) is 5.69 Å². The highest BCUT2D eigenvalue weighted by molar-refractivity contribution is 6.04. The summed E-state index contributed by atoms with van der Waals surface area (Å²) in [7, 11) is 0. The lowest BCUT2D eigenvalue weighted by Gasteiger charge is -2.38. The number of aromatic nitrogens is 2. The first-order valence-corrected chi connectivity index (χ1v) is 11.5. The second-order valence-corrected chi connectivity index (χ2v) is 7.40. The van der Waals surface area contributed by atoms with E-state index < -0.39 is 5.41 Å². The number of carbonyl (C=O) groups excluding carboxylic acids is 1. The molecule has 1 unspecified atom stereocenters. The predicted molar refractivity (Wildman–Crippen MR) is 130 cm³/mol. The first kappa shape index (κ1) is 25.6. The molecule has 2 aromatic heterocycles. The van der Waals surface area contributed by atoms with Crippen molar-refractivity contribution in [1.29, 1.82) is 0 Å². The maximum absolute atomic E-state index is 13.2. The van der Waals surface area contributed by atoms with Crippen LogP contribution in [0.15, 0.2) is 42.6 Å². The standard InChI is InChI=1S/C21H22N2O.3C2H6/c1-13-14(2)23-11-10-16-17(20(23)22-13)12-18(21(3,4)19(16)24)15-8-6-5-7-9-15;3*1-2/h5-11,18H,12H2,1-4H3;3*1-2H3. The number of imidazole rings is 1. The Morgan fingerprint density at radius 1 is 0.933 bits per heavy atom. The number of hydrogen-bond acceptors (Lipinski definition) is 2. The fourth-order valence-electron chi connectivity index (χ4n) is 3.99. The molecule has 1 aliphatic carbocycles. The quantitative estimate of drug-likeness (QED) is 0.416. The third kappa shape index (κ3) is 4.50. The van der Waals surface area contributed by atoms with Crippen LogP contribution in [0.4, 0.5) is 0 Å². The van der Waals surface area contributed by atoms with Gasteiger partial charge in [-0.2, -0.15) is 0 Å². The summed E-state index contributed by atoms with van der Waals surface area (Å²) < 4.78 is 2.11. The summed E-state index contributed by atoms with van der Waals surface area (Å²) in [5.74, 6) is 0.389. The summed E-state index contributed by atoms with van der Waals surface area (Å²) in [5.41, 5.74) is 5.84. The van der Waals surface area contributed by atoms with Crippen LogP contribution in [0.25, 0.3) is 5.65 Å². The zero-order valence-electron chi connectivity index (χ0n) is 20.6. The highest BCUT2D eigenvalue weighted by atomic mass is 16.1. The van der Waals surface area contributed by atoms with Crippen molar-refractivity contribution in [2.75, 3.05) is 0 Å². The van der Waals surface area contributed by atoms with Gasteiger partial charge in [0.1, 0.15) is 5.65 Å². The molecule has 0 bridgehead atoms. The van der Waals surface area contributed by atoms with E-state index in [1.807, 2.05) is 66.8 Å². The lowest BCUT2D eigenvalue weighted by Crippen LogP contribution is -2.38. The minimum absolute atomic E-state index is 0.169. The van der Waals surface area contributed by atoms with E-state index in [1.54, 1.807) is 0 Å². The molecule has 164 valence electrons. The molecule has 0 amide bonds. The third-order valence-electron chi connectivity index (χ3n) is 5.68. The Kier molecular flexibility index (Phi) is 9.48. The molecule has 1 atom stereocenters. The van der Waals surface area contributed by atoms with Crippen molar-refractivity contribution in [2.45, 2.75) is 81.6 Å². The van der Waals surface area contributed by atoms with E-state index in [1.165, 1.54) is 5.56 Å². The minimum atomic E-state index is -0.413. The topological polar surface area (TPSA) is 34.4 Å². The summed E-state index contributed by atoms with van der Waals surface area (Å²) >= 11 is 0. The van der Waals surface area contributed by atoms with Crippen LogP contribution in [-0.2, 0) is 6.42 Å². The number of pyridine rings is 1. The van der Waals surface area contributed by atoms with E-state index in [2.05, 4.69) is 49.4 Å². The number of benzene rings is 1. The summed E-state index contributed by atoms with van der Waals surface area (Å²) in [6, 6.07) is 12.4. The Labute approximate surface area is 183 Å². The smallest absolute Gasteiger partial charge is 0.169 e. The number of fused-ring (bicyclic) bond motifs is 3. The van der Waals surface area contributed by atoms with Crippen LogP contribution in [-0.4, -0.2) is 15.2 Å². The minimum Gasteiger partial charge on any atom is -0.304 e. The first-order valence-electron chi connectivity index (χ1n) is 11.5. The molecular weight excluding hydrogens is 368 g/mol. The molecule has 1 aromatic carbocycles. The number of Topliss-reactive ketones (excluding diaryl/α,β-unsaturated/α-hetero) is 1. The number of carbonyl (C=O) groups is 1. The molecule has 0 saturated heterocycles. The molecule has 4 rings (SSSR count). The molecule has 0 fully saturated rings. The molecule has 3 aromatic rings. The fraction of sp³-hybridized carbons (Fsp3) is 0.481. The van der Waals surface area contributed by atoms with Crippen molar-refractivity contribution in [3.8, 4) is 0 Å². The highest BCUT2D eigenvalue weighted by Crippen LogP contribution is 2.46. The molecular formula is C27H40N2O. The molecule has 0 aliphatic heterocycles. The average Bonchev–Trinajstić information content (AvgIpc) is 3.09. The molecule has 0 saturated carbocycles. The number of ketones is 1. The lowest BCUT2D eigenvalue weighted by molar-refractivity contribution is 0.0778. The van der Waals surface area contributed by atoms with Gasteiger partial charge in [-0.25, -0.2) is 4.98 Å². The second-order valence-electron chi connectivity index (χ2n) is 7.40. The average molecular weight is 409 g/mol. The number of nitrogens with zero attached hydrogens (tertiary/aromatic N) is 2. The zero-order valence-corrected chi connectivity index (χ0v) is 20.6. The van der Waals surface area contributed by atoms with Gasteiger partial charge in [-0.05, 0) is 31.9 Å². The van der Waals surface area contributed by atoms with Crippen LogP contribution in [0.2, 0.25) is 0 Å². The zero-order chi connectivity index (χ0) is 23.1. The normalized spacial score (nSPS) is 16.2. The van der Waals surface area contributed by atoms with Crippen molar-refractivity contribution < 1.29 is 4.79 Å². The van der Waals surface area contributed by atoms with E-state index in [9.17, 15) is 4.79 Å². The molecule has 1 aliphatic rings. The van der Waals surface area contributed by atoms with E-state index in [0.29, 0.717) is 0 Å². The molecule has 3 heteroatoms. The predicted octanol–water partition coefficient (Wildman–Crippen LogP) is 7.58. The van der Waals surface area contributed by atoms with Crippen LogP contribution < -0.4 is 0 Å². The third-order valence-corrected chi connectivity index (χ3v) is 5.68. The first-order chi connectivity index (χ1) is 14.4. The Morgan fingerprint density at radius 2 is 1.50 bits per heavy atom. The van der Waals surface area contributed by atoms with Gasteiger partial charge in [0.15, 0.2) is 5.78 Å². The second kappa shape index (κ2) is 11.1. The maximum Gasteiger partial charge on any atom is 0.169 e. The van der Waals surface area contributed by atoms with Gasteiger partial charge in [0, 0.05) is 34.4 Å². The fourth-order valence-corrected chi connectivity index (χ4v) is 3.99. The van der Waals surface area contributed by atoms with Crippen LogP contribution in [0.1, 0.15) is 94.2 Å². The van der Waals surface area contributed by atoms with E-state index >= 15 is 0 Å². The van der Waals surface area contributed by atoms with Gasteiger partial charge in [-0.3, -0.25) is 4.79 Å². The monoisotopic (exact) mass is 408 g/mol. The van der Waals surface area contributed by atoms with Crippen molar-refractivity contribution >= 4 is 11.4 Å². The Balaban J connectivity index is 0.000000691. The van der Waals surface area contributed by atoms with Gasteiger partial charge in [-0.1, -0.05) is 85.7 Å².